The molecule has 0 aliphatic carbocycles. The van der Waals surface area contributed by atoms with Crippen molar-refractivity contribution in [1.82, 2.24) is 20.8 Å². The fourth-order valence-corrected chi connectivity index (χ4v) is 2.89. The second-order valence-corrected chi connectivity index (χ2v) is 8.87. The Kier molecular flexibility index (Phi) is 6.64. The number of nitrogens with one attached hydrogen (secondary N) is 2. The third-order valence-corrected chi connectivity index (χ3v) is 4.64. The zero-order chi connectivity index (χ0) is 20.2. The van der Waals surface area contributed by atoms with Gasteiger partial charge in [0.1, 0.15) is 0 Å². The lowest BCUT2D eigenvalue weighted by Crippen LogP contribution is -2.45. The lowest BCUT2D eigenvalue weighted by atomic mass is 9.87. The molecule has 0 unspecified atom stereocenters. The molecule has 1 atom stereocenters. The van der Waals surface area contributed by atoms with E-state index in [1.165, 1.54) is 5.56 Å². The first-order valence-corrected chi connectivity index (χ1v) is 9.66. The second-order valence-electron chi connectivity index (χ2n) is 7.58. The van der Waals surface area contributed by atoms with Crippen molar-refractivity contribution in [2.24, 2.45) is 0 Å². The summed E-state index contributed by atoms with van der Waals surface area (Å²) in [7, 11) is 0. The Morgan fingerprint density at radius 2 is 1.70 bits per heavy atom. The van der Waals surface area contributed by atoms with Crippen LogP contribution in [0.5, 0.6) is 0 Å². The van der Waals surface area contributed by atoms with Crippen LogP contribution in [0, 0.1) is 0 Å². The van der Waals surface area contributed by atoms with Gasteiger partial charge in [-0.25, -0.2) is 4.79 Å². The molecule has 0 saturated carbocycles. The number of aromatic nitrogens is 2. The summed E-state index contributed by atoms with van der Waals surface area (Å²) < 4.78 is 5.65. The minimum Gasteiger partial charge on any atom is -0.411 e. The molecule has 0 aliphatic heterocycles. The van der Waals surface area contributed by atoms with Crippen molar-refractivity contribution in [2.75, 3.05) is 0 Å². The topological polar surface area (TPSA) is 97.1 Å². The van der Waals surface area contributed by atoms with Crippen molar-refractivity contribution in [3.63, 3.8) is 0 Å². The number of thioether (sulfide) groups is 1. The van der Waals surface area contributed by atoms with Crippen LogP contribution in [0.2, 0.25) is 0 Å². The first kappa shape index (κ1) is 21.0. The second kappa shape index (κ2) is 8.56. The Hall–Kier alpha value is -2.35. The Bertz CT molecular complexity index is 794. The maximum absolute atomic E-state index is 12.1. The van der Waals surface area contributed by atoms with Crippen LogP contribution in [0.3, 0.4) is 0 Å². The molecule has 7 nitrogen and oxygen atoms in total. The Labute approximate surface area is 163 Å². The van der Waals surface area contributed by atoms with Gasteiger partial charge < -0.3 is 9.73 Å². The summed E-state index contributed by atoms with van der Waals surface area (Å²) in [5.41, 5.74) is 2.10. The lowest BCUT2D eigenvalue weighted by Gasteiger charge is -2.18. The highest BCUT2D eigenvalue weighted by Crippen LogP contribution is 2.28. The van der Waals surface area contributed by atoms with Gasteiger partial charge >= 0.3 is 6.03 Å². The van der Waals surface area contributed by atoms with Gasteiger partial charge in [0.25, 0.3) is 5.22 Å². The molecule has 0 radical (unpaired) electrons. The molecular formula is C19H26N4O3S. The maximum atomic E-state index is 12.1. The van der Waals surface area contributed by atoms with E-state index in [-0.39, 0.29) is 16.7 Å². The highest BCUT2D eigenvalue weighted by molar-refractivity contribution is 8.00. The lowest BCUT2D eigenvalue weighted by molar-refractivity contribution is -0.119. The third kappa shape index (κ3) is 6.09. The Morgan fingerprint density at radius 3 is 2.26 bits per heavy atom. The Balaban J connectivity index is 1.99. The van der Waals surface area contributed by atoms with Crippen LogP contribution in [0.1, 0.15) is 47.1 Å². The van der Waals surface area contributed by atoms with Crippen molar-refractivity contribution in [1.29, 1.82) is 0 Å². The molecule has 146 valence electrons. The average molecular weight is 391 g/mol. The van der Waals surface area contributed by atoms with Crippen LogP contribution >= 0.6 is 11.8 Å². The highest BCUT2D eigenvalue weighted by atomic mass is 32.2. The standard InChI is InChI=1S/C19H26N4O3S/c1-11(2)20-17(25)21-15(24)12(3)27-18-23-22-16(26-18)13-7-9-14(10-8-13)19(4,5)6/h7-12H,1-6H3,(H2,20,21,24,25)/t12-/m1/s1. The van der Waals surface area contributed by atoms with Gasteiger partial charge in [0.15, 0.2) is 0 Å². The molecule has 2 aromatic rings. The maximum Gasteiger partial charge on any atom is 0.321 e. The van der Waals surface area contributed by atoms with Crippen molar-refractivity contribution in [3.05, 3.63) is 29.8 Å². The number of rotatable bonds is 5. The molecule has 0 saturated heterocycles. The summed E-state index contributed by atoms with van der Waals surface area (Å²) in [4.78, 5) is 23.7. The number of hydrogen-bond donors (Lipinski definition) is 2. The molecule has 0 spiro atoms. The van der Waals surface area contributed by atoms with Gasteiger partial charge in [0.2, 0.25) is 11.8 Å². The summed E-state index contributed by atoms with van der Waals surface area (Å²) in [6, 6.07) is 7.38. The number of benzene rings is 1. The van der Waals surface area contributed by atoms with E-state index in [2.05, 4.69) is 41.6 Å². The van der Waals surface area contributed by atoms with Gasteiger partial charge in [-0.05, 0) is 43.9 Å². The summed E-state index contributed by atoms with van der Waals surface area (Å²) >= 11 is 1.10. The molecular weight excluding hydrogens is 364 g/mol. The predicted molar refractivity (Wildman–Crippen MR) is 106 cm³/mol. The molecule has 2 rings (SSSR count). The minimum atomic E-state index is -0.556. The third-order valence-electron chi connectivity index (χ3n) is 3.71. The number of hydrogen-bond acceptors (Lipinski definition) is 6. The fourth-order valence-electron chi connectivity index (χ4n) is 2.20. The van der Waals surface area contributed by atoms with E-state index in [0.717, 1.165) is 17.3 Å². The van der Waals surface area contributed by atoms with E-state index in [1.807, 2.05) is 38.1 Å². The van der Waals surface area contributed by atoms with Crippen molar-refractivity contribution in [3.8, 4) is 11.5 Å². The molecule has 27 heavy (non-hydrogen) atoms. The zero-order valence-electron chi connectivity index (χ0n) is 16.5. The van der Waals surface area contributed by atoms with Gasteiger partial charge in [-0.2, -0.15) is 0 Å². The number of carbonyl (C=O) groups is 2. The number of amides is 3. The Morgan fingerprint density at radius 1 is 1.07 bits per heavy atom. The zero-order valence-corrected chi connectivity index (χ0v) is 17.3. The molecule has 1 aromatic heterocycles. The van der Waals surface area contributed by atoms with Crippen LogP contribution in [0.15, 0.2) is 33.9 Å². The summed E-state index contributed by atoms with van der Waals surface area (Å²) in [5.74, 6) is -0.0319. The molecule has 1 aromatic carbocycles. The predicted octanol–water partition coefficient (Wildman–Crippen LogP) is 3.75. The minimum absolute atomic E-state index is 0.0519. The molecule has 1 heterocycles. The molecule has 0 aliphatic rings. The molecule has 2 N–H and O–H groups in total. The summed E-state index contributed by atoms with van der Waals surface area (Å²) in [5, 5.41) is 12.6. The van der Waals surface area contributed by atoms with E-state index in [1.54, 1.807) is 6.92 Å². The fraction of sp³-hybridized carbons (Fsp3) is 0.474. The first-order valence-electron chi connectivity index (χ1n) is 8.78. The number of imide groups is 1. The molecule has 0 fully saturated rings. The van der Waals surface area contributed by atoms with Gasteiger partial charge in [-0.15, -0.1) is 10.2 Å². The smallest absolute Gasteiger partial charge is 0.321 e. The van der Waals surface area contributed by atoms with Crippen LogP contribution in [0.25, 0.3) is 11.5 Å². The normalized spacial score (nSPS) is 12.7. The van der Waals surface area contributed by atoms with E-state index in [9.17, 15) is 9.59 Å². The summed E-state index contributed by atoms with van der Waals surface area (Å²) in [6.07, 6.45) is 0. The number of urea groups is 1. The van der Waals surface area contributed by atoms with E-state index in [4.69, 9.17) is 4.42 Å². The van der Waals surface area contributed by atoms with Gasteiger partial charge in [0, 0.05) is 11.6 Å². The van der Waals surface area contributed by atoms with Crippen molar-refractivity contribution >= 4 is 23.7 Å². The SMILES string of the molecule is CC(C)NC(=O)NC(=O)[C@@H](C)Sc1nnc(-c2ccc(C(C)(C)C)cc2)o1. The van der Waals surface area contributed by atoms with Crippen molar-refractivity contribution in [2.45, 2.75) is 63.5 Å². The van der Waals surface area contributed by atoms with Gasteiger partial charge in [-0.3, -0.25) is 10.1 Å². The summed E-state index contributed by atoms with van der Waals surface area (Å²) in [6.45, 7) is 11.8. The van der Waals surface area contributed by atoms with Crippen molar-refractivity contribution < 1.29 is 14.0 Å². The monoisotopic (exact) mass is 390 g/mol. The van der Waals surface area contributed by atoms with Gasteiger partial charge in [0.05, 0.1) is 5.25 Å². The largest absolute Gasteiger partial charge is 0.411 e. The highest BCUT2D eigenvalue weighted by Gasteiger charge is 2.21. The molecule has 3 amide bonds. The van der Waals surface area contributed by atoms with E-state index >= 15 is 0 Å². The van der Waals surface area contributed by atoms with Gasteiger partial charge in [-0.1, -0.05) is 44.7 Å². The van der Waals surface area contributed by atoms with E-state index < -0.39 is 17.2 Å². The van der Waals surface area contributed by atoms with Crippen LogP contribution in [-0.4, -0.2) is 33.4 Å². The van der Waals surface area contributed by atoms with Crippen LogP contribution < -0.4 is 10.6 Å². The number of carbonyl (C=O) groups excluding carboxylic acids is 2. The average Bonchev–Trinajstić information content (AvgIpc) is 3.01. The van der Waals surface area contributed by atoms with E-state index in [0.29, 0.717) is 5.89 Å². The van der Waals surface area contributed by atoms with Crippen LogP contribution in [0.4, 0.5) is 4.79 Å². The quantitative estimate of drug-likeness (QED) is 0.755. The first-order chi connectivity index (χ1) is 12.6. The molecule has 0 bridgehead atoms. The van der Waals surface area contributed by atoms with Crippen LogP contribution in [-0.2, 0) is 10.2 Å². The number of nitrogens with zero attached hydrogens (tertiary/aromatic N) is 2. The molecule has 8 heteroatoms.